The van der Waals surface area contributed by atoms with Crippen molar-refractivity contribution in [2.75, 3.05) is 20.2 Å². The summed E-state index contributed by atoms with van der Waals surface area (Å²) in [4.78, 5) is 47.1. The number of amides is 2. The summed E-state index contributed by atoms with van der Waals surface area (Å²) < 4.78 is 6.47. The number of aliphatic hydroxyl groups excluding tert-OH is 2. The molecule has 0 saturated heterocycles. The van der Waals surface area contributed by atoms with Gasteiger partial charge in [0.15, 0.2) is 17.0 Å². The molecule has 0 saturated carbocycles. The molecule has 2 spiro atoms. The molecule has 0 aromatic carbocycles. The molecule has 0 aromatic heterocycles. The Morgan fingerprint density at radius 1 is 0.975 bits per heavy atom. The first-order chi connectivity index (χ1) is 18.9. The fourth-order valence-corrected chi connectivity index (χ4v) is 8.00. The Bertz CT molecular complexity index is 1250. The van der Waals surface area contributed by atoms with Crippen molar-refractivity contribution in [2.24, 2.45) is 10.3 Å². The molecule has 0 fully saturated rings. The highest BCUT2D eigenvalue weighted by molar-refractivity contribution is 9.12. The molecule has 12 nitrogen and oxygen atoms in total. The van der Waals surface area contributed by atoms with Gasteiger partial charge >= 0.3 is 0 Å². The van der Waals surface area contributed by atoms with E-state index in [1.807, 2.05) is 0 Å². The zero-order chi connectivity index (χ0) is 29.2. The number of hydrogen-bond donors (Lipinski definition) is 4. The first-order valence-electron chi connectivity index (χ1n) is 12.3. The van der Waals surface area contributed by atoms with Gasteiger partial charge in [0.25, 0.3) is 11.8 Å². The Kier molecular flexibility index (Phi) is 9.98. The highest BCUT2D eigenvalue weighted by Gasteiger charge is 2.53. The number of carbonyl (C=O) groups excluding carboxylic acids is 3. The molecule has 0 radical (unpaired) electrons. The van der Waals surface area contributed by atoms with E-state index in [2.05, 4.69) is 84.7 Å². The van der Waals surface area contributed by atoms with E-state index in [1.54, 1.807) is 6.08 Å². The SMILES string of the molecule is COC1=C(Br)[C@H](O)[C@@]2(C=C1Br)CC(C(=O)NCCCCCNC(=O)C1=NO[C@]3(C=C(Br)C(=O)[C@@H](Br)[C@@H]3O)C1)=NO2. The summed E-state index contributed by atoms with van der Waals surface area (Å²) in [5, 5.41) is 34.5. The number of nitrogens with one attached hydrogen (secondary N) is 2. The van der Waals surface area contributed by atoms with E-state index >= 15 is 0 Å². The molecule has 4 rings (SSSR count). The quantitative estimate of drug-likeness (QED) is 0.203. The molecular formula is C24H26Br4N4O8. The Morgan fingerprint density at radius 3 is 2.08 bits per heavy atom. The molecule has 2 aliphatic heterocycles. The molecule has 218 valence electrons. The van der Waals surface area contributed by atoms with E-state index in [4.69, 9.17) is 14.4 Å². The van der Waals surface area contributed by atoms with Gasteiger partial charge in [-0.1, -0.05) is 26.2 Å². The van der Waals surface area contributed by atoms with Gasteiger partial charge in [0.1, 0.15) is 34.2 Å². The molecule has 4 aliphatic rings. The minimum atomic E-state index is -1.29. The lowest BCUT2D eigenvalue weighted by molar-refractivity contribution is -0.124. The van der Waals surface area contributed by atoms with Crippen LogP contribution in [-0.4, -0.2) is 87.7 Å². The topological polar surface area (TPSA) is 168 Å². The van der Waals surface area contributed by atoms with Crippen LogP contribution in [-0.2, 0) is 28.8 Å². The number of ether oxygens (including phenoxy) is 1. The van der Waals surface area contributed by atoms with E-state index in [1.165, 1.54) is 13.2 Å². The van der Waals surface area contributed by atoms with Crippen molar-refractivity contribution >= 4 is 92.7 Å². The van der Waals surface area contributed by atoms with Crippen molar-refractivity contribution in [3.8, 4) is 0 Å². The third-order valence-electron chi connectivity index (χ3n) is 6.83. The Labute approximate surface area is 263 Å². The molecule has 40 heavy (non-hydrogen) atoms. The second-order valence-electron chi connectivity index (χ2n) is 9.57. The maximum Gasteiger partial charge on any atom is 0.269 e. The zero-order valence-corrected chi connectivity index (χ0v) is 27.4. The van der Waals surface area contributed by atoms with Gasteiger partial charge in [-0.05, 0) is 79.2 Å². The third-order valence-corrected chi connectivity index (χ3v) is 9.75. The summed E-state index contributed by atoms with van der Waals surface area (Å²) in [5.74, 6) is -0.679. The molecule has 0 aromatic rings. The molecule has 2 aliphatic carbocycles. The Hall–Kier alpha value is -1.59. The van der Waals surface area contributed by atoms with Crippen molar-refractivity contribution in [3.05, 3.63) is 31.4 Å². The summed E-state index contributed by atoms with van der Waals surface area (Å²) in [6.45, 7) is 0.779. The van der Waals surface area contributed by atoms with Gasteiger partial charge in [-0.15, -0.1) is 0 Å². The lowest BCUT2D eigenvalue weighted by Gasteiger charge is -2.34. The highest BCUT2D eigenvalue weighted by Crippen LogP contribution is 2.44. The second kappa shape index (κ2) is 12.7. The maximum atomic E-state index is 12.6. The number of methoxy groups -OCH3 is 1. The molecule has 0 bridgehead atoms. The minimum Gasteiger partial charge on any atom is -0.495 e. The number of aliphatic hydroxyl groups is 2. The first-order valence-corrected chi connectivity index (χ1v) is 15.6. The Balaban J connectivity index is 1.14. The molecule has 5 atom stereocenters. The van der Waals surface area contributed by atoms with Crippen LogP contribution in [0, 0.1) is 0 Å². The lowest BCUT2D eigenvalue weighted by atomic mass is 9.83. The van der Waals surface area contributed by atoms with Crippen LogP contribution >= 0.6 is 63.7 Å². The van der Waals surface area contributed by atoms with Crippen LogP contribution in [0.3, 0.4) is 0 Å². The average molecular weight is 818 g/mol. The predicted molar refractivity (Wildman–Crippen MR) is 158 cm³/mol. The van der Waals surface area contributed by atoms with Crippen LogP contribution in [0.25, 0.3) is 0 Å². The van der Waals surface area contributed by atoms with E-state index < -0.39 is 34.1 Å². The van der Waals surface area contributed by atoms with E-state index in [0.29, 0.717) is 40.7 Å². The lowest BCUT2D eigenvalue weighted by Crippen LogP contribution is -2.52. The van der Waals surface area contributed by atoms with Crippen LogP contribution in [0.4, 0.5) is 0 Å². The number of hydrogen-bond acceptors (Lipinski definition) is 10. The molecule has 4 N–H and O–H groups in total. The number of Topliss-reactive ketones (excluding diaryl/α,β-unsaturated/α-hetero) is 1. The summed E-state index contributed by atoms with van der Waals surface area (Å²) in [5.41, 5.74) is -2.21. The Morgan fingerprint density at radius 2 is 1.50 bits per heavy atom. The highest BCUT2D eigenvalue weighted by atomic mass is 79.9. The number of allylic oxidation sites excluding steroid dienone is 2. The molecule has 2 heterocycles. The van der Waals surface area contributed by atoms with Gasteiger partial charge in [0.05, 0.1) is 20.6 Å². The summed E-state index contributed by atoms with van der Waals surface area (Å²) in [6.07, 6.45) is 2.94. The van der Waals surface area contributed by atoms with Gasteiger partial charge in [-0.3, -0.25) is 14.4 Å². The van der Waals surface area contributed by atoms with Gasteiger partial charge in [0, 0.05) is 25.9 Å². The van der Waals surface area contributed by atoms with Gasteiger partial charge in [-0.2, -0.15) is 0 Å². The third kappa shape index (κ3) is 6.11. The number of carbonyl (C=O) groups is 3. The van der Waals surface area contributed by atoms with Gasteiger partial charge < -0.3 is 35.3 Å². The van der Waals surface area contributed by atoms with Crippen LogP contribution in [0.5, 0.6) is 0 Å². The molecular weight excluding hydrogens is 792 g/mol. The van der Waals surface area contributed by atoms with Crippen LogP contribution < -0.4 is 10.6 Å². The average Bonchev–Trinajstić information content (AvgIpc) is 3.55. The summed E-state index contributed by atoms with van der Waals surface area (Å²) >= 11 is 13.1. The zero-order valence-electron chi connectivity index (χ0n) is 21.1. The van der Waals surface area contributed by atoms with Crippen molar-refractivity contribution in [1.82, 2.24) is 10.6 Å². The first kappa shape index (κ1) is 31.3. The molecule has 16 heteroatoms. The van der Waals surface area contributed by atoms with Crippen molar-refractivity contribution in [2.45, 2.75) is 60.3 Å². The smallest absolute Gasteiger partial charge is 0.269 e. The summed E-state index contributed by atoms with van der Waals surface area (Å²) in [7, 11) is 1.48. The normalized spacial score (nSPS) is 31.3. The number of unbranched alkanes of at least 4 members (excludes halogenated alkanes) is 2. The van der Waals surface area contributed by atoms with E-state index in [-0.39, 0.29) is 40.4 Å². The van der Waals surface area contributed by atoms with E-state index in [0.717, 1.165) is 6.42 Å². The number of alkyl halides is 1. The van der Waals surface area contributed by atoms with Crippen molar-refractivity contribution in [3.63, 3.8) is 0 Å². The van der Waals surface area contributed by atoms with Crippen LogP contribution in [0.15, 0.2) is 41.7 Å². The van der Waals surface area contributed by atoms with Gasteiger partial charge in [0.2, 0.25) is 0 Å². The standard InChI is InChI=1S/C24H26Br4N4O8/c1-38-18-12(26)8-24(20(35)16(18)28)10-14(32-40-24)22(37)30-6-4-2-3-5-29-21(36)13-9-23(39-31-13)7-11(25)17(33)15(27)19(23)34/h7-8,15,19-20,34-35H,2-6,9-10H2,1H3,(H,29,36)(H,30,37)/t15-,19+,20+,23-,24-/m1/s1. The largest absolute Gasteiger partial charge is 0.495 e. The number of ketones is 1. The van der Waals surface area contributed by atoms with Crippen LogP contribution in [0.2, 0.25) is 0 Å². The second-order valence-corrected chi connectivity index (χ2v) is 13.1. The number of halogens is 4. The number of oxime groups is 2. The fraction of sp³-hybridized carbons (Fsp3) is 0.542. The predicted octanol–water partition coefficient (Wildman–Crippen LogP) is 2.31. The maximum absolute atomic E-state index is 12.6. The van der Waals surface area contributed by atoms with Crippen molar-refractivity contribution in [1.29, 1.82) is 0 Å². The number of nitrogens with zero attached hydrogens (tertiary/aromatic N) is 2. The number of rotatable bonds is 9. The van der Waals surface area contributed by atoms with Crippen molar-refractivity contribution < 1.29 is 39.0 Å². The van der Waals surface area contributed by atoms with Gasteiger partial charge in [-0.25, -0.2) is 0 Å². The molecule has 0 unspecified atom stereocenters. The minimum absolute atomic E-state index is 0.0238. The molecule has 2 amide bonds. The monoisotopic (exact) mass is 814 g/mol. The van der Waals surface area contributed by atoms with E-state index in [9.17, 15) is 24.6 Å². The fourth-order valence-electron chi connectivity index (χ4n) is 4.57. The van der Waals surface area contributed by atoms with Crippen LogP contribution in [0.1, 0.15) is 32.1 Å². The summed E-state index contributed by atoms with van der Waals surface area (Å²) in [6, 6.07) is 0.